The smallest absolute Gasteiger partial charge is 0.109 e. The third kappa shape index (κ3) is 9.93. The van der Waals surface area contributed by atoms with Crippen LogP contribution in [0.1, 0.15) is 158 Å². The number of hydrogen-bond donors (Lipinski definition) is 0. The summed E-state index contributed by atoms with van der Waals surface area (Å²) >= 11 is 1.94. The summed E-state index contributed by atoms with van der Waals surface area (Å²) in [5.41, 5.74) is 27.2. The van der Waals surface area contributed by atoms with Crippen LogP contribution >= 0.6 is 11.3 Å². The summed E-state index contributed by atoms with van der Waals surface area (Å²) in [6, 6.07) is 82.7. The van der Waals surface area contributed by atoms with Crippen molar-refractivity contribution in [3.63, 3.8) is 0 Å². The number of fused-ring (bicyclic) bond motifs is 15. The Morgan fingerprint density at radius 3 is 1.08 bits per heavy atom. The van der Waals surface area contributed by atoms with E-state index in [4.69, 9.17) is 0 Å². The van der Waals surface area contributed by atoms with Crippen molar-refractivity contribution in [3.8, 4) is 44.5 Å². The summed E-state index contributed by atoms with van der Waals surface area (Å²) in [4.78, 5) is 3.67. The van der Waals surface area contributed by atoms with Crippen LogP contribution in [0.3, 0.4) is 0 Å². The van der Waals surface area contributed by atoms with Gasteiger partial charge in [-0.3, -0.25) is 4.40 Å². The second-order valence-electron chi connectivity index (χ2n) is 34.0. The lowest BCUT2D eigenvalue weighted by Gasteiger charge is -2.26. The second-order valence-corrected chi connectivity index (χ2v) is 35.0. The van der Waals surface area contributed by atoms with Gasteiger partial charge in [-0.15, -0.1) is 11.3 Å². The van der Waals surface area contributed by atoms with Crippen LogP contribution in [0.5, 0.6) is 0 Å². The van der Waals surface area contributed by atoms with E-state index in [2.05, 4.69) is 351 Å². The summed E-state index contributed by atoms with van der Waals surface area (Å²) in [6.45, 7) is 42.5. The molecule has 3 nitrogen and oxygen atoms in total. The maximum atomic E-state index is 2.71. The molecule has 0 N–H and O–H groups in total. The molecule has 0 aliphatic carbocycles. The third-order valence-electron chi connectivity index (χ3n) is 21.0. The predicted molar refractivity (Wildman–Crippen MR) is 420 cm³/mol. The molecule has 16 rings (SSSR count). The zero-order chi connectivity index (χ0) is 67.2. The first-order valence-electron chi connectivity index (χ1n) is 34.7. The normalized spacial score (nSPS) is 13.3. The van der Waals surface area contributed by atoms with Gasteiger partial charge in [0.1, 0.15) is 4.83 Å². The molecule has 4 heteroatoms. The van der Waals surface area contributed by atoms with E-state index < -0.39 is 0 Å². The van der Waals surface area contributed by atoms with Crippen LogP contribution in [0.2, 0.25) is 0 Å². The molecule has 0 radical (unpaired) electrons. The average Bonchev–Trinajstić information content (AvgIpc) is 1.50. The monoisotopic (exact) mass is 1270 g/mol. The van der Waals surface area contributed by atoms with Gasteiger partial charge < -0.3 is 9.30 Å². The fourth-order valence-electron chi connectivity index (χ4n) is 15.3. The molecule has 0 saturated carbocycles. The van der Waals surface area contributed by atoms with E-state index in [0.29, 0.717) is 0 Å². The molecule has 0 saturated heterocycles. The molecule has 478 valence electrons. The third-order valence-corrected chi connectivity index (χ3v) is 22.1. The maximum absolute atomic E-state index is 2.71. The summed E-state index contributed by atoms with van der Waals surface area (Å²) in [5, 5.41) is 11.6. The van der Waals surface area contributed by atoms with Gasteiger partial charge in [0.15, 0.2) is 0 Å². The summed E-state index contributed by atoms with van der Waals surface area (Å²) in [6.07, 6.45) is 0. The van der Waals surface area contributed by atoms with Crippen molar-refractivity contribution < 1.29 is 0 Å². The Hall–Kier alpha value is -9.22. The predicted octanol–water partition coefficient (Wildman–Crippen LogP) is 27.1. The first kappa shape index (κ1) is 61.6. The van der Waals surface area contributed by atoms with Gasteiger partial charge in [0, 0.05) is 75.8 Å². The van der Waals surface area contributed by atoms with Crippen LogP contribution in [0.15, 0.2) is 212 Å². The first-order chi connectivity index (χ1) is 45.4. The number of hydrogen-bond acceptors (Lipinski definition) is 2. The molecule has 96 heavy (non-hydrogen) atoms. The zero-order valence-electron chi connectivity index (χ0n) is 59.5. The number of benzene rings is 11. The van der Waals surface area contributed by atoms with E-state index in [1.54, 1.807) is 0 Å². The van der Waals surface area contributed by atoms with Crippen molar-refractivity contribution >= 4 is 114 Å². The molecule has 5 heterocycles. The van der Waals surface area contributed by atoms with Crippen molar-refractivity contribution in [1.29, 1.82) is 0 Å². The maximum Gasteiger partial charge on any atom is 0.109 e. The Bertz CT molecular complexity index is 5650. The topological polar surface area (TPSA) is 12.1 Å². The SMILES string of the molecule is CC(C)(C)c1cc(-c2cc(-c3ccc(N(c4ccccc4)c4ccccc4)cc3)c3c(c2)c2cc(-c4cc(C(C)(C)C)cc(C(C)(C)C)c4)cc4c5c(ccc6c7cc(-c8cc(C(C)(C)C)cc(C(C)(C)C)c8)cc8c9c%10ccccc%10sc9n(c78)c65)n3c24)cc(C(C)(C)C)c1. The first-order valence-corrected chi connectivity index (χ1v) is 35.5. The number of nitrogens with zero attached hydrogens (tertiary/aromatic N) is 3. The molecule has 0 fully saturated rings. The number of anilines is 3. The van der Waals surface area contributed by atoms with Crippen molar-refractivity contribution in [3.05, 3.63) is 246 Å². The van der Waals surface area contributed by atoms with Gasteiger partial charge in [0.05, 0.1) is 27.6 Å². The second kappa shape index (κ2) is 21.1. The van der Waals surface area contributed by atoms with Crippen LogP contribution in [0, 0.1) is 0 Å². The molecule has 16 aromatic rings. The fraction of sp³-hybridized carbons (Fsp3) is 0.261. The van der Waals surface area contributed by atoms with Gasteiger partial charge in [-0.25, -0.2) is 0 Å². The van der Waals surface area contributed by atoms with Gasteiger partial charge in [-0.2, -0.15) is 0 Å². The van der Waals surface area contributed by atoms with E-state index >= 15 is 0 Å². The Morgan fingerprint density at radius 1 is 0.260 bits per heavy atom. The van der Waals surface area contributed by atoms with Crippen molar-refractivity contribution in [2.75, 3.05) is 4.90 Å². The number of thiophene rings is 1. The molecule has 0 aliphatic heterocycles. The lowest BCUT2D eigenvalue weighted by Crippen LogP contribution is -2.16. The molecular formula is C92H89N3S. The Balaban J connectivity index is 1.07. The minimum atomic E-state index is -0.0746. The van der Waals surface area contributed by atoms with Gasteiger partial charge >= 0.3 is 0 Å². The highest BCUT2D eigenvalue weighted by Gasteiger charge is 2.32. The molecule has 11 aromatic carbocycles. The van der Waals surface area contributed by atoms with Gasteiger partial charge in [-0.05, 0) is 190 Å². The van der Waals surface area contributed by atoms with Crippen LogP contribution in [0.4, 0.5) is 17.1 Å². The summed E-state index contributed by atoms with van der Waals surface area (Å²) < 4.78 is 6.71. The molecule has 0 aliphatic rings. The fourth-order valence-corrected chi connectivity index (χ4v) is 16.5. The van der Waals surface area contributed by atoms with Crippen LogP contribution in [-0.4, -0.2) is 8.80 Å². The van der Waals surface area contributed by atoms with E-state index in [0.717, 1.165) is 17.1 Å². The molecular weight excluding hydrogens is 1180 g/mol. The van der Waals surface area contributed by atoms with E-state index in [-0.39, 0.29) is 32.5 Å². The van der Waals surface area contributed by atoms with Crippen LogP contribution in [0.25, 0.3) is 130 Å². The molecule has 0 amide bonds. The van der Waals surface area contributed by atoms with E-state index in [9.17, 15) is 0 Å². The number of aromatic nitrogens is 2. The largest absolute Gasteiger partial charge is 0.311 e. The highest BCUT2D eigenvalue weighted by atomic mass is 32.1. The Morgan fingerprint density at radius 2 is 0.625 bits per heavy atom. The lowest BCUT2D eigenvalue weighted by molar-refractivity contribution is 0.568. The van der Waals surface area contributed by atoms with E-state index in [1.165, 1.54) is 163 Å². The zero-order valence-corrected chi connectivity index (χ0v) is 60.3. The van der Waals surface area contributed by atoms with Crippen molar-refractivity contribution in [2.24, 2.45) is 0 Å². The van der Waals surface area contributed by atoms with Crippen molar-refractivity contribution in [2.45, 2.75) is 157 Å². The highest BCUT2D eigenvalue weighted by Crippen LogP contribution is 2.54. The van der Waals surface area contributed by atoms with Crippen LogP contribution < -0.4 is 4.90 Å². The molecule has 0 atom stereocenters. The highest BCUT2D eigenvalue weighted by molar-refractivity contribution is 7.25. The number of para-hydroxylation sites is 2. The average molecular weight is 1270 g/mol. The van der Waals surface area contributed by atoms with Crippen LogP contribution in [-0.2, 0) is 32.5 Å². The molecule has 5 aromatic heterocycles. The van der Waals surface area contributed by atoms with Gasteiger partial charge in [-0.1, -0.05) is 252 Å². The standard InChI is InChI=1S/C92H89N3S/c1-87(2,3)61-39-55(40-62(51-61)88(4,5)6)58-45-72(54-33-35-69(36-34-54)93(67-27-21-19-22-28-67)68-29-23-20-24-30-68)82-74(47-58)75-48-60(57-43-65(91(13,14)15)53-66(44-57)92(16,17)18)50-77-81-78(94(82)83(75)77)38-37-70-73-46-59(56-41-63(89(7,8)9)52-64(42-56)90(10,11)12)49-76-80-71-31-25-26-32-79(71)96-86(80)95(84(73)76)85(70)81/h19-53H,1-18H3. The summed E-state index contributed by atoms with van der Waals surface area (Å²) in [5.74, 6) is 0. The Kier molecular flexibility index (Phi) is 13.6. The Labute approximate surface area is 571 Å². The lowest BCUT2D eigenvalue weighted by atomic mass is 9.78. The molecule has 0 unspecified atom stereocenters. The van der Waals surface area contributed by atoms with Gasteiger partial charge in [0.25, 0.3) is 0 Å². The van der Waals surface area contributed by atoms with Gasteiger partial charge in [0.2, 0.25) is 0 Å². The van der Waals surface area contributed by atoms with E-state index in [1.807, 2.05) is 11.3 Å². The minimum Gasteiger partial charge on any atom is -0.311 e. The number of rotatable bonds is 7. The molecule has 0 spiro atoms. The summed E-state index contributed by atoms with van der Waals surface area (Å²) in [7, 11) is 0. The minimum absolute atomic E-state index is 0.0307. The molecule has 0 bridgehead atoms. The van der Waals surface area contributed by atoms with Crippen molar-refractivity contribution in [1.82, 2.24) is 8.80 Å². The quantitative estimate of drug-likeness (QED) is 0.155.